The molecule has 0 heteroatoms. The number of hydrogen-bond acceptors (Lipinski definition) is 0. The van der Waals surface area contributed by atoms with E-state index in [1.54, 1.807) is 16.7 Å². The molecular formula is C17H20. The van der Waals surface area contributed by atoms with Crippen molar-refractivity contribution in [3.8, 4) is 0 Å². The zero-order valence-corrected chi connectivity index (χ0v) is 10.6. The van der Waals surface area contributed by atoms with Crippen molar-refractivity contribution in [2.75, 3.05) is 0 Å². The Morgan fingerprint density at radius 2 is 2.00 bits per heavy atom. The largest absolute Gasteiger partial charge is 0.103 e. The van der Waals surface area contributed by atoms with Gasteiger partial charge in [0.15, 0.2) is 0 Å². The van der Waals surface area contributed by atoms with Gasteiger partial charge in [0.1, 0.15) is 0 Å². The lowest BCUT2D eigenvalue weighted by atomic mass is 9.59. The number of hydrogen-bond donors (Lipinski definition) is 0. The molecule has 0 amide bonds. The first kappa shape index (κ1) is 9.94. The molecule has 4 atom stereocenters. The van der Waals surface area contributed by atoms with E-state index < -0.39 is 0 Å². The summed E-state index contributed by atoms with van der Waals surface area (Å²) in [5.41, 5.74) is 6.46. The smallest absolute Gasteiger partial charge is 0.00562 e. The van der Waals surface area contributed by atoms with Crippen molar-refractivity contribution in [2.45, 2.75) is 44.4 Å². The number of benzene rings is 1. The SMILES string of the molecule is C=CCc1cc(C)cc2c1C1C2[C@@H]2CC[C@H]1C2. The van der Waals surface area contributed by atoms with Gasteiger partial charge in [-0.2, -0.15) is 0 Å². The average Bonchev–Trinajstić information content (AvgIpc) is 2.82. The zero-order chi connectivity index (χ0) is 11.6. The Bertz CT molecular complexity index is 497. The Balaban J connectivity index is 1.85. The van der Waals surface area contributed by atoms with Crippen LogP contribution in [0.25, 0.3) is 0 Å². The van der Waals surface area contributed by atoms with E-state index in [0.29, 0.717) is 0 Å². The highest BCUT2D eigenvalue weighted by molar-refractivity contribution is 5.55. The van der Waals surface area contributed by atoms with Crippen molar-refractivity contribution >= 4 is 0 Å². The minimum absolute atomic E-state index is 0.930. The van der Waals surface area contributed by atoms with Crippen molar-refractivity contribution in [3.63, 3.8) is 0 Å². The fourth-order valence-electron chi connectivity index (χ4n) is 4.97. The highest BCUT2D eigenvalue weighted by Gasteiger charge is 2.55. The van der Waals surface area contributed by atoms with Crippen molar-refractivity contribution in [3.05, 3.63) is 47.0 Å². The van der Waals surface area contributed by atoms with E-state index in [-0.39, 0.29) is 0 Å². The molecule has 0 N–H and O–H groups in total. The maximum absolute atomic E-state index is 3.91. The molecule has 88 valence electrons. The lowest BCUT2D eigenvalue weighted by Gasteiger charge is -2.44. The molecule has 0 aliphatic heterocycles. The fraction of sp³-hybridized carbons (Fsp3) is 0.529. The van der Waals surface area contributed by atoms with Crippen LogP contribution in [0, 0.1) is 18.8 Å². The first-order valence-electron chi connectivity index (χ1n) is 7.04. The summed E-state index contributed by atoms with van der Waals surface area (Å²) in [7, 11) is 0. The zero-order valence-electron chi connectivity index (χ0n) is 10.6. The second-order valence-corrected chi connectivity index (χ2v) is 6.30. The second-order valence-electron chi connectivity index (χ2n) is 6.30. The van der Waals surface area contributed by atoms with Gasteiger partial charge in [-0.1, -0.05) is 23.8 Å². The molecule has 0 saturated heterocycles. The van der Waals surface area contributed by atoms with Crippen LogP contribution in [-0.4, -0.2) is 0 Å². The Hall–Kier alpha value is -1.04. The summed E-state index contributed by atoms with van der Waals surface area (Å²) in [5.74, 6) is 3.91. The predicted octanol–water partition coefficient (Wildman–Crippen LogP) is 4.33. The van der Waals surface area contributed by atoms with Crippen LogP contribution in [0.4, 0.5) is 0 Å². The van der Waals surface area contributed by atoms with Gasteiger partial charge < -0.3 is 0 Å². The highest BCUT2D eigenvalue weighted by atomic mass is 14.6. The van der Waals surface area contributed by atoms with E-state index in [1.165, 1.54) is 24.8 Å². The van der Waals surface area contributed by atoms with Gasteiger partial charge in [0.2, 0.25) is 0 Å². The van der Waals surface area contributed by atoms with Gasteiger partial charge in [-0.05, 0) is 73.0 Å². The number of aryl methyl sites for hydroxylation is 1. The summed E-state index contributed by atoms with van der Waals surface area (Å²) in [6.07, 6.45) is 7.62. The molecule has 2 fully saturated rings. The Kier molecular flexibility index (Phi) is 1.90. The Labute approximate surface area is 104 Å². The van der Waals surface area contributed by atoms with Crippen LogP contribution in [0.2, 0.25) is 0 Å². The highest BCUT2D eigenvalue weighted by Crippen LogP contribution is 2.68. The minimum Gasteiger partial charge on any atom is -0.103 e. The monoisotopic (exact) mass is 224 g/mol. The van der Waals surface area contributed by atoms with Gasteiger partial charge in [0, 0.05) is 0 Å². The molecule has 17 heavy (non-hydrogen) atoms. The molecule has 1 aromatic rings. The number of rotatable bonds is 2. The molecule has 0 heterocycles. The van der Waals surface area contributed by atoms with Gasteiger partial charge in [-0.15, -0.1) is 6.58 Å². The molecule has 1 aromatic carbocycles. The van der Waals surface area contributed by atoms with Crippen molar-refractivity contribution in [1.82, 2.24) is 0 Å². The van der Waals surface area contributed by atoms with Crippen LogP contribution in [0.3, 0.4) is 0 Å². The maximum Gasteiger partial charge on any atom is -0.00562 e. The molecule has 0 spiro atoms. The summed E-state index contributed by atoms with van der Waals surface area (Å²) >= 11 is 0. The predicted molar refractivity (Wildman–Crippen MR) is 71.4 cm³/mol. The van der Waals surface area contributed by atoms with Gasteiger partial charge in [-0.3, -0.25) is 0 Å². The quantitative estimate of drug-likeness (QED) is 0.656. The third-order valence-corrected chi connectivity index (χ3v) is 5.42. The van der Waals surface area contributed by atoms with Gasteiger partial charge in [-0.25, -0.2) is 0 Å². The molecule has 0 nitrogen and oxygen atoms in total. The van der Waals surface area contributed by atoms with E-state index in [1.807, 2.05) is 0 Å². The average molecular weight is 224 g/mol. The van der Waals surface area contributed by atoms with E-state index in [4.69, 9.17) is 0 Å². The maximum atomic E-state index is 3.91. The summed E-state index contributed by atoms with van der Waals surface area (Å²) in [5, 5.41) is 0. The molecule has 3 aliphatic carbocycles. The van der Waals surface area contributed by atoms with Crippen LogP contribution in [0.1, 0.15) is 53.4 Å². The fourth-order valence-corrected chi connectivity index (χ4v) is 4.97. The van der Waals surface area contributed by atoms with E-state index >= 15 is 0 Å². The first-order valence-corrected chi connectivity index (χ1v) is 7.04. The van der Waals surface area contributed by atoms with E-state index in [0.717, 1.165) is 30.1 Å². The minimum atomic E-state index is 0.930. The molecule has 2 unspecified atom stereocenters. The van der Waals surface area contributed by atoms with Gasteiger partial charge >= 0.3 is 0 Å². The van der Waals surface area contributed by atoms with Crippen molar-refractivity contribution in [1.29, 1.82) is 0 Å². The summed E-state index contributed by atoms with van der Waals surface area (Å²) in [6, 6.07) is 4.85. The number of fused-ring (bicyclic) bond motifs is 8. The first-order chi connectivity index (χ1) is 8.29. The van der Waals surface area contributed by atoms with Crippen LogP contribution in [0.15, 0.2) is 24.8 Å². The molecule has 4 rings (SSSR count). The van der Waals surface area contributed by atoms with Gasteiger partial charge in [0.05, 0.1) is 0 Å². The molecule has 0 radical (unpaired) electrons. The lowest BCUT2D eigenvalue weighted by Crippen LogP contribution is -2.31. The Morgan fingerprint density at radius 1 is 1.24 bits per heavy atom. The second kappa shape index (κ2) is 3.25. The van der Waals surface area contributed by atoms with Crippen LogP contribution in [-0.2, 0) is 6.42 Å². The standard InChI is InChI=1S/C17H20/c1-3-4-11-7-10(2)8-14-15(11)17-13-6-5-12(9-13)16(14)17/h3,7-8,12-13,16-17H,1,4-6,9H2,2H3/t12-,13+,16?,17?/m1/s1. The molecule has 2 saturated carbocycles. The van der Waals surface area contributed by atoms with Crippen molar-refractivity contribution < 1.29 is 0 Å². The molecular weight excluding hydrogens is 204 g/mol. The summed E-state index contributed by atoms with van der Waals surface area (Å²) < 4.78 is 0. The van der Waals surface area contributed by atoms with Crippen LogP contribution in [0.5, 0.6) is 0 Å². The van der Waals surface area contributed by atoms with Crippen LogP contribution >= 0.6 is 0 Å². The van der Waals surface area contributed by atoms with E-state index in [2.05, 4.69) is 31.7 Å². The topological polar surface area (TPSA) is 0 Å². The molecule has 3 aliphatic rings. The lowest BCUT2D eigenvalue weighted by molar-refractivity contribution is 0.321. The normalized spacial score (nSPS) is 36.3. The number of allylic oxidation sites excluding steroid dienone is 1. The Morgan fingerprint density at radius 3 is 2.76 bits per heavy atom. The molecule has 2 bridgehead atoms. The van der Waals surface area contributed by atoms with Crippen molar-refractivity contribution in [2.24, 2.45) is 11.8 Å². The third kappa shape index (κ3) is 1.14. The molecule has 0 aromatic heterocycles. The summed E-state index contributed by atoms with van der Waals surface area (Å²) in [4.78, 5) is 0. The van der Waals surface area contributed by atoms with E-state index in [9.17, 15) is 0 Å². The van der Waals surface area contributed by atoms with Gasteiger partial charge in [0.25, 0.3) is 0 Å². The summed E-state index contributed by atoms with van der Waals surface area (Å²) in [6.45, 7) is 6.16. The third-order valence-electron chi connectivity index (χ3n) is 5.42. The van der Waals surface area contributed by atoms with Crippen LogP contribution < -0.4 is 0 Å².